The Labute approximate surface area is 107 Å². The third-order valence-corrected chi connectivity index (χ3v) is 2.65. The van der Waals surface area contributed by atoms with Gasteiger partial charge >= 0.3 is 0 Å². The lowest BCUT2D eigenvalue weighted by Crippen LogP contribution is -2.13. The average molecular weight is 240 g/mol. The van der Waals surface area contributed by atoms with Crippen LogP contribution in [-0.4, -0.2) is 16.3 Å². The SMILES string of the molecule is CCCNCc1cnn(-c2ccc(C#N)cc2)c1. The van der Waals surface area contributed by atoms with Crippen molar-refractivity contribution in [2.75, 3.05) is 6.54 Å². The maximum Gasteiger partial charge on any atom is 0.0991 e. The normalized spacial score (nSPS) is 10.2. The number of rotatable bonds is 5. The van der Waals surface area contributed by atoms with E-state index in [1.54, 1.807) is 12.1 Å². The van der Waals surface area contributed by atoms with Gasteiger partial charge in [-0.15, -0.1) is 0 Å². The van der Waals surface area contributed by atoms with Crippen molar-refractivity contribution in [1.29, 1.82) is 5.26 Å². The number of nitrogens with zero attached hydrogens (tertiary/aromatic N) is 3. The van der Waals surface area contributed by atoms with Gasteiger partial charge in [-0.2, -0.15) is 10.4 Å². The zero-order chi connectivity index (χ0) is 12.8. The number of hydrogen-bond donors (Lipinski definition) is 1. The average Bonchev–Trinajstić information content (AvgIpc) is 2.88. The fourth-order valence-corrected chi connectivity index (χ4v) is 1.69. The highest BCUT2D eigenvalue weighted by Crippen LogP contribution is 2.09. The van der Waals surface area contributed by atoms with Crippen molar-refractivity contribution in [1.82, 2.24) is 15.1 Å². The topological polar surface area (TPSA) is 53.6 Å². The van der Waals surface area contributed by atoms with Crippen LogP contribution in [0.2, 0.25) is 0 Å². The Bertz CT molecular complexity index is 534. The first-order valence-electron chi connectivity index (χ1n) is 6.08. The van der Waals surface area contributed by atoms with Crippen molar-refractivity contribution in [2.24, 2.45) is 0 Å². The minimum absolute atomic E-state index is 0.663. The lowest BCUT2D eigenvalue weighted by Gasteiger charge is -2.01. The molecule has 0 aliphatic heterocycles. The van der Waals surface area contributed by atoms with E-state index in [0.29, 0.717) is 5.56 Å². The summed E-state index contributed by atoms with van der Waals surface area (Å²) in [4.78, 5) is 0. The molecule has 2 aromatic rings. The van der Waals surface area contributed by atoms with Crippen LogP contribution >= 0.6 is 0 Å². The maximum atomic E-state index is 8.74. The van der Waals surface area contributed by atoms with E-state index < -0.39 is 0 Å². The Hall–Kier alpha value is -2.12. The van der Waals surface area contributed by atoms with E-state index in [9.17, 15) is 0 Å². The molecule has 2 rings (SSSR count). The Balaban J connectivity index is 2.06. The summed E-state index contributed by atoms with van der Waals surface area (Å²) in [6.07, 6.45) is 4.99. The van der Waals surface area contributed by atoms with Crippen LogP contribution in [0.1, 0.15) is 24.5 Å². The smallest absolute Gasteiger partial charge is 0.0991 e. The number of nitrogens with one attached hydrogen (secondary N) is 1. The van der Waals surface area contributed by atoms with Crippen LogP contribution in [0.15, 0.2) is 36.7 Å². The van der Waals surface area contributed by atoms with E-state index in [4.69, 9.17) is 5.26 Å². The molecular weight excluding hydrogens is 224 g/mol. The van der Waals surface area contributed by atoms with Gasteiger partial charge in [-0.3, -0.25) is 0 Å². The summed E-state index contributed by atoms with van der Waals surface area (Å²) in [5.41, 5.74) is 2.79. The molecule has 4 heteroatoms. The molecule has 0 atom stereocenters. The summed E-state index contributed by atoms with van der Waals surface area (Å²) < 4.78 is 1.82. The number of aromatic nitrogens is 2. The fourth-order valence-electron chi connectivity index (χ4n) is 1.69. The molecule has 0 aliphatic rings. The van der Waals surface area contributed by atoms with Crippen molar-refractivity contribution < 1.29 is 0 Å². The van der Waals surface area contributed by atoms with E-state index in [2.05, 4.69) is 23.4 Å². The van der Waals surface area contributed by atoms with E-state index >= 15 is 0 Å². The highest BCUT2D eigenvalue weighted by atomic mass is 15.3. The van der Waals surface area contributed by atoms with E-state index in [-0.39, 0.29) is 0 Å². The minimum atomic E-state index is 0.663. The Morgan fingerprint density at radius 3 is 2.78 bits per heavy atom. The molecule has 1 heterocycles. The summed E-state index contributed by atoms with van der Waals surface area (Å²) in [5.74, 6) is 0. The molecule has 0 saturated heterocycles. The molecule has 0 aliphatic carbocycles. The molecule has 1 aromatic carbocycles. The molecule has 0 fully saturated rings. The van der Waals surface area contributed by atoms with Gasteiger partial charge in [0, 0.05) is 18.3 Å². The van der Waals surface area contributed by atoms with E-state index in [0.717, 1.165) is 30.8 Å². The summed E-state index contributed by atoms with van der Waals surface area (Å²) in [5, 5.41) is 16.4. The van der Waals surface area contributed by atoms with Crippen LogP contribution in [-0.2, 0) is 6.54 Å². The predicted molar refractivity (Wildman–Crippen MR) is 70.3 cm³/mol. The molecule has 0 spiro atoms. The first-order chi connectivity index (χ1) is 8.83. The second-order valence-corrected chi connectivity index (χ2v) is 4.13. The largest absolute Gasteiger partial charge is 0.313 e. The van der Waals surface area contributed by atoms with Crippen molar-refractivity contribution >= 4 is 0 Å². The maximum absolute atomic E-state index is 8.74. The number of hydrogen-bond acceptors (Lipinski definition) is 3. The first-order valence-corrected chi connectivity index (χ1v) is 6.08. The molecule has 1 aromatic heterocycles. The third kappa shape index (κ3) is 2.96. The highest BCUT2D eigenvalue weighted by molar-refractivity contribution is 5.39. The van der Waals surface area contributed by atoms with Gasteiger partial charge in [0.2, 0.25) is 0 Å². The van der Waals surface area contributed by atoms with Crippen LogP contribution in [0.5, 0.6) is 0 Å². The second-order valence-electron chi connectivity index (χ2n) is 4.13. The lowest BCUT2D eigenvalue weighted by atomic mass is 10.2. The molecule has 0 unspecified atom stereocenters. The van der Waals surface area contributed by atoms with Crippen LogP contribution < -0.4 is 5.32 Å². The molecular formula is C14H16N4. The summed E-state index contributed by atoms with van der Waals surface area (Å²) in [7, 11) is 0. The zero-order valence-corrected chi connectivity index (χ0v) is 10.4. The quantitative estimate of drug-likeness (QED) is 0.815. The van der Waals surface area contributed by atoms with Crippen molar-refractivity contribution in [2.45, 2.75) is 19.9 Å². The highest BCUT2D eigenvalue weighted by Gasteiger charge is 2.00. The predicted octanol–water partition coefficient (Wildman–Crippen LogP) is 2.24. The van der Waals surface area contributed by atoms with Gasteiger partial charge in [-0.1, -0.05) is 6.92 Å². The minimum Gasteiger partial charge on any atom is -0.313 e. The Morgan fingerprint density at radius 1 is 1.33 bits per heavy atom. The molecule has 4 nitrogen and oxygen atoms in total. The zero-order valence-electron chi connectivity index (χ0n) is 10.4. The van der Waals surface area contributed by atoms with Gasteiger partial charge in [0.05, 0.1) is 23.5 Å². The second kappa shape index (κ2) is 5.99. The molecule has 0 saturated carbocycles. The molecule has 18 heavy (non-hydrogen) atoms. The standard InChI is InChI=1S/C14H16N4/c1-2-7-16-9-13-10-17-18(11-13)14-5-3-12(8-15)4-6-14/h3-6,10-11,16H,2,7,9H2,1H3. The molecule has 0 bridgehead atoms. The Kier molecular flexibility index (Phi) is 4.11. The van der Waals surface area contributed by atoms with Crippen LogP contribution in [0.4, 0.5) is 0 Å². The van der Waals surface area contributed by atoms with Gasteiger partial charge < -0.3 is 5.32 Å². The monoisotopic (exact) mass is 240 g/mol. The fraction of sp³-hybridized carbons (Fsp3) is 0.286. The molecule has 0 amide bonds. The molecule has 92 valence electrons. The third-order valence-electron chi connectivity index (χ3n) is 2.65. The van der Waals surface area contributed by atoms with Gasteiger partial charge in [0.1, 0.15) is 0 Å². The molecule has 1 N–H and O–H groups in total. The van der Waals surface area contributed by atoms with Gasteiger partial charge in [-0.25, -0.2) is 4.68 Å². The van der Waals surface area contributed by atoms with Crippen molar-refractivity contribution in [3.8, 4) is 11.8 Å². The summed E-state index contributed by atoms with van der Waals surface area (Å²) >= 11 is 0. The lowest BCUT2D eigenvalue weighted by molar-refractivity contribution is 0.675. The first kappa shape index (κ1) is 12.3. The van der Waals surface area contributed by atoms with Gasteiger partial charge in [-0.05, 0) is 37.2 Å². The summed E-state index contributed by atoms with van der Waals surface area (Å²) in [6, 6.07) is 9.50. The van der Waals surface area contributed by atoms with E-state index in [1.807, 2.05) is 29.2 Å². The van der Waals surface area contributed by atoms with Crippen molar-refractivity contribution in [3.05, 3.63) is 47.8 Å². The number of benzene rings is 1. The van der Waals surface area contributed by atoms with Gasteiger partial charge in [0.15, 0.2) is 0 Å². The Morgan fingerprint density at radius 2 is 2.11 bits per heavy atom. The molecule has 0 radical (unpaired) electrons. The van der Waals surface area contributed by atoms with Crippen LogP contribution in [0.3, 0.4) is 0 Å². The van der Waals surface area contributed by atoms with Crippen LogP contribution in [0, 0.1) is 11.3 Å². The van der Waals surface area contributed by atoms with Crippen molar-refractivity contribution in [3.63, 3.8) is 0 Å². The van der Waals surface area contributed by atoms with Gasteiger partial charge in [0.25, 0.3) is 0 Å². The van der Waals surface area contributed by atoms with Crippen LogP contribution in [0.25, 0.3) is 5.69 Å². The number of nitriles is 1. The van der Waals surface area contributed by atoms with E-state index in [1.165, 1.54) is 0 Å². The summed E-state index contributed by atoms with van der Waals surface area (Å²) in [6.45, 7) is 4.00.